The van der Waals surface area contributed by atoms with Gasteiger partial charge in [-0.05, 0) is 41.6 Å². The van der Waals surface area contributed by atoms with Crippen molar-refractivity contribution in [2.45, 2.75) is 19.8 Å². The lowest BCUT2D eigenvalue weighted by molar-refractivity contribution is -0.144. The molecule has 0 saturated heterocycles. The van der Waals surface area contributed by atoms with Gasteiger partial charge in [-0.3, -0.25) is 4.79 Å². The minimum absolute atomic E-state index is 0.313. The summed E-state index contributed by atoms with van der Waals surface area (Å²) in [7, 11) is 0. The second-order valence-corrected chi connectivity index (χ2v) is 5.46. The lowest BCUT2D eigenvalue weighted by atomic mass is 9.92. The van der Waals surface area contributed by atoms with Crippen molar-refractivity contribution in [2.24, 2.45) is 0 Å². The number of fused-ring (bicyclic) bond motifs is 3. The highest BCUT2D eigenvalue weighted by molar-refractivity contribution is 6.09. The van der Waals surface area contributed by atoms with E-state index in [0.717, 1.165) is 22.4 Å². The molecule has 0 saturated carbocycles. The van der Waals surface area contributed by atoms with Crippen LogP contribution in [0.3, 0.4) is 0 Å². The highest BCUT2D eigenvalue weighted by atomic mass is 19.1. The van der Waals surface area contributed by atoms with Crippen molar-refractivity contribution in [2.75, 3.05) is 6.61 Å². The maximum Gasteiger partial charge on any atom is 0.313 e. The first-order valence-corrected chi connectivity index (χ1v) is 7.50. The largest absolute Gasteiger partial charge is 0.466 e. The first-order chi connectivity index (χ1) is 11.0. The molecule has 0 radical (unpaired) electrons. The van der Waals surface area contributed by atoms with Crippen LogP contribution in [0.15, 0.2) is 42.5 Å². The van der Waals surface area contributed by atoms with E-state index in [1.165, 1.54) is 6.07 Å². The van der Waals surface area contributed by atoms with Gasteiger partial charge in [-0.1, -0.05) is 30.3 Å². The molecule has 0 N–H and O–H groups in total. The highest BCUT2D eigenvalue weighted by Crippen LogP contribution is 2.33. The number of halogens is 2. The van der Waals surface area contributed by atoms with E-state index < -0.39 is 17.6 Å². The summed E-state index contributed by atoms with van der Waals surface area (Å²) in [6.07, 6.45) is 0. The zero-order valence-electron chi connectivity index (χ0n) is 12.9. The van der Waals surface area contributed by atoms with Gasteiger partial charge in [0.25, 0.3) is 0 Å². The smallest absolute Gasteiger partial charge is 0.313 e. The predicted octanol–water partition coefficient (Wildman–Crippen LogP) is 4.94. The molecule has 23 heavy (non-hydrogen) atoms. The van der Waals surface area contributed by atoms with Gasteiger partial charge in [-0.2, -0.15) is 0 Å². The van der Waals surface area contributed by atoms with Gasteiger partial charge < -0.3 is 4.74 Å². The van der Waals surface area contributed by atoms with Crippen LogP contribution in [-0.4, -0.2) is 12.6 Å². The maximum atomic E-state index is 13.9. The van der Waals surface area contributed by atoms with E-state index in [0.29, 0.717) is 17.4 Å². The second kappa shape index (κ2) is 5.95. The maximum absolute atomic E-state index is 13.9. The molecule has 3 aromatic rings. The topological polar surface area (TPSA) is 26.3 Å². The Balaban J connectivity index is 2.27. The number of benzene rings is 3. The Morgan fingerprint density at radius 1 is 1.04 bits per heavy atom. The Labute approximate surface area is 132 Å². The number of hydrogen-bond donors (Lipinski definition) is 0. The van der Waals surface area contributed by atoms with E-state index in [4.69, 9.17) is 4.74 Å². The van der Waals surface area contributed by atoms with Crippen molar-refractivity contribution in [1.82, 2.24) is 0 Å². The van der Waals surface area contributed by atoms with E-state index in [1.54, 1.807) is 38.1 Å². The monoisotopic (exact) mass is 314 g/mol. The molecule has 3 rings (SSSR count). The third-order valence-corrected chi connectivity index (χ3v) is 4.05. The van der Waals surface area contributed by atoms with E-state index in [9.17, 15) is 13.6 Å². The molecule has 0 bridgehead atoms. The molecule has 0 amide bonds. The van der Waals surface area contributed by atoms with Crippen LogP contribution in [0.2, 0.25) is 0 Å². The Hall–Kier alpha value is -2.49. The number of carbonyl (C=O) groups is 1. The molecule has 1 atom stereocenters. The Kier molecular flexibility index (Phi) is 3.99. The van der Waals surface area contributed by atoms with Gasteiger partial charge in [-0.15, -0.1) is 0 Å². The molecule has 4 heteroatoms. The van der Waals surface area contributed by atoms with Crippen LogP contribution in [0.25, 0.3) is 21.5 Å². The molecule has 2 nitrogen and oxygen atoms in total. The molecule has 0 aromatic heterocycles. The molecule has 0 aliphatic rings. The van der Waals surface area contributed by atoms with Gasteiger partial charge >= 0.3 is 5.97 Å². The summed E-state index contributed by atoms with van der Waals surface area (Å²) >= 11 is 0. The summed E-state index contributed by atoms with van der Waals surface area (Å²) in [6, 6.07) is 11.0. The summed E-state index contributed by atoms with van der Waals surface area (Å²) in [6.45, 7) is 3.84. The number of ether oxygens (including phenoxy) is 1. The van der Waals surface area contributed by atoms with Gasteiger partial charge in [-0.25, -0.2) is 8.78 Å². The molecule has 3 aromatic carbocycles. The fourth-order valence-electron chi connectivity index (χ4n) is 2.92. The SMILES string of the molecule is CCOC(=O)C(C)c1cccc2c1ccc1c(F)cc(F)cc12. The fraction of sp³-hybridized carbons (Fsp3) is 0.211. The molecular weight excluding hydrogens is 298 g/mol. The van der Waals surface area contributed by atoms with E-state index in [-0.39, 0.29) is 5.97 Å². The average Bonchev–Trinajstić information content (AvgIpc) is 2.53. The lowest BCUT2D eigenvalue weighted by Gasteiger charge is -2.15. The Bertz CT molecular complexity index is 903. The predicted molar refractivity (Wildman–Crippen MR) is 86.4 cm³/mol. The lowest BCUT2D eigenvalue weighted by Crippen LogP contribution is -2.13. The number of carbonyl (C=O) groups excluding carboxylic acids is 1. The van der Waals surface area contributed by atoms with Gasteiger partial charge in [0.15, 0.2) is 0 Å². The summed E-state index contributed by atoms with van der Waals surface area (Å²) < 4.78 is 32.6. The molecule has 0 fully saturated rings. The van der Waals surface area contributed by atoms with Gasteiger partial charge in [0.2, 0.25) is 0 Å². The minimum Gasteiger partial charge on any atom is -0.466 e. The third kappa shape index (κ3) is 2.65. The van der Waals surface area contributed by atoms with Gasteiger partial charge in [0, 0.05) is 11.5 Å². The minimum atomic E-state index is -0.619. The van der Waals surface area contributed by atoms with E-state index in [2.05, 4.69) is 0 Å². The molecule has 1 unspecified atom stereocenters. The first-order valence-electron chi connectivity index (χ1n) is 7.50. The highest BCUT2D eigenvalue weighted by Gasteiger charge is 2.19. The normalized spacial score (nSPS) is 12.5. The van der Waals surface area contributed by atoms with Gasteiger partial charge in [0.1, 0.15) is 11.6 Å². The molecular formula is C19H16F2O2. The van der Waals surface area contributed by atoms with E-state index in [1.807, 2.05) is 6.07 Å². The number of esters is 1. The molecule has 0 aliphatic heterocycles. The van der Waals surface area contributed by atoms with Crippen LogP contribution in [0.5, 0.6) is 0 Å². The average molecular weight is 314 g/mol. The third-order valence-electron chi connectivity index (χ3n) is 4.05. The number of hydrogen-bond acceptors (Lipinski definition) is 2. The Morgan fingerprint density at radius 2 is 1.78 bits per heavy atom. The number of rotatable bonds is 3. The fourth-order valence-corrected chi connectivity index (χ4v) is 2.92. The van der Waals surface area contributed by atoms with Crippen LogP contribution in [0.1, 0.15) is 25.3 Å². The van der Waals surface area contributed by atoms with E-state index >= 15 is 0 Å². The summed E-state index contributed by atoms with van der Waals surface area (Å²) in [5.41, 5.74) is 0.785. The van der Waals surface area contributed by atoms with Crippen molar-refractivity contribution < 1.29 is 18.3 Å². The summed E-state index contributed by atoms with van der Waals surface area (Å²) in [5.74, 6) is -1.97. The van der Waals surface area contributed by atoms with Crippen molar-refractivity contribution >= 4 is 27.5 Å². The molecule has 118 valence electrons. The summed E-state index contributed by atoms with van der Waals surface area (Å²) in [5, 5.41) is 2.37. The first kappa shape index (κ1) is 15.4. The van der Waals surface area contributed by atoms with Crippen LogP contribution in [0.4, 0.5) is 8.78 Å². The Morgan fingerprint density at radius 3 is 2.52 bits per heavy atom. The molecule has 0 heterocycles. The van der Waals surface area contributed by atoms with Crippen LogP contribution in [-0.2, 0) is 9.53 Å². The summed E-state index contributed by atoms with van der Waals surface area (Å²) in [4.78, 5) is 12.0. The van der Waals surface area contributed by atoms with Gasteiger partial charge in [0.05, 0.1) is 12.5 Å². The van der Waals surface area contributed by atoms with Crippen molar-refractivity contribution in [3.63, 3.8) is 0 Å². The second-order valence-electron chi connectivity index (χ2n) is 5.46. The van der Waals surface area contributed by atoms with Crippen LogP contribution < -0.4 is 0 Å². The standard InChI is InChI=1S/C19H16F2O2/c1-3-23-19(22)11(2)13-5-4-6-14-15(13)7-8-16-17(14)9-12(20)10-18(16)21/h4-11H,3H2,1-2H3. The van der Waals surface area contributed by atoms with Crippen LogP contribution in [0, 0.1) is 11.6 Å². The zero-order valence-corrected chi connectivity index (χ0v) is 12.9. The quantitative estimate of drug-likeness (QED) is 0.506. The molecule has 0 aliphatic carbocycles. The van der Waals surface area contributed by atoms with Crippen molar-refractivity contribution in [3.05, 3.63) is 59.7 Å². The van der Waals surface area contributed by atoms with Crippen molar-refractivity contribution in [1.29, 1.82) is 0 Å². The zero-order chi connectivity index (χ0) is 16.6. The molecule has 0 spiro atoms. The van der Waals surface area contributed by atoms with Crippen LogP contribution >= 0.6 is 0 Å². The van der Waals surface area contributed by atoms with Crippen molar-refractivity contribution in [3.8, 4) is 0 Å².